The second kappa shape index (κ2) is 7.45. The number of hydrogen-bond acceptors (Lipinski definition) is 3. The number of hydrogen-bond donors (Lipinski definition) is 1. The van der Waals surface area contributed by atoms with Crippen molar-refractivity contribution in [3.63, 3.8) is 0 Å². The molecule has 156 valence electrons. The normalized spacial score (nSPS) is 11.6. The molecular formula is C30H19NS2. The third-order valence-corrected chi connectivity index (χ3v) is 8.60. The van der Waals surface area contributed by atoms with Crippen molar-refractivity contribution in [2.75, 3.05) is 5.32 Å². The largest absolute Gasteiger partial charge is 0.355 e. The lowest BCUT2D eigenvalue weighted by Crippen LogP contribution is -1.91. The Kier molecular flexibility index (Phi) is 4.26. The highest BCUT2D eigenvalue weighted by molar-refractivity contribution is 7.26. The Morgan fingerprint density at radius 2 is 1.09 bits per heavy atom. The summed E-state index contributed by atoms with van der Waals surface area (Å²) in [5.41, 5.74) is 4.75. The van der Waals surface area contributed by atoms with Crippen LogP contribution in [0, 0.1) is 0 Å². The molecule has 33 heavy (non-hydrogen) atoms. The van der Waals surface area contributed by atoms with Crippen molar-refractivity contribution in [3.05, 3.63) is 109 Å². The van der Waals surface area contributed by atoms with Crippen LogP contribution in [0.1, 0.15) is 0 Å². The Balaban J connectivity index is 1.42. The second-order valence-electron chi connectivity index (χ2n) is 8.30. The molecule has 0 aliphatic carbocycles. The van der Waals surface area contributed by atoms with E-state index in [2.05, 4.69) is 115 Å². The molecule has 0 atom stereocenters. The molecule has 1 nitrogen and oxygen atoms in total. The molecule has 0 saturated heterocycles. The van der Waals surface area contributed by atoms with E-state index in [0.717, 1.165) is 11.4 Å². The van der Waals surface area contributed by atoms with E-state index in [1.807, 2.05) is 22.7 Å². The molecule has 1 N–H and O–H groups in total. The van der Waals surface area contributed by atoms with Gasteiger partial charge in [-0.05, 0) is 48.0 Å². The SMILES string of the molecule is c1ccc(-c2cc(Nc3ccc4sc5ccccc5c4c3)cc3c2sc2ccccc23)cc1. The third-order valence-electron chi connectivity index (χ3n) is 6.23. The number of nitrogens with one attached hydrogen (secondary N) is 1. The maximum atomic E-state index is 3.72. The van der Waals surface area contributed by atoms with E-state index in [1.54, 1.807) is 0 Å². The molecule has 2 heterocycles. The van der Waals surface area contributed by atoms with Gasteiger partial charge in [-0.1, -0.05) is 66.7 Å². The molecule has 0 aliphatic rings. The van der Waals surface area contributed by atoms with Crippen molar-refractivity contribution >= 4 is 74.4 Å². The topological polar surface area (TPSA) is 12.0 Å². The summed E-state index contributed by atoms with van der Waals surface area (Å²) in [7, 11) is 0. The summed E-state index contributed by atoms with van der Waals surface area (Å²) in [6.07, 6.45) is 0. The van der Waals surface area contributed by atoms with Crippen molar-refractivity contribution in [3.8, 4) is 11.1 Å². The predicted octanol–water partition coefficient (Wildman–Crippen LogP) is 9.83. The zero-order chi connectivity index (χ0) is 21.8. The predicted molar refractivity (Wildman–Crippen MR) is 147 cm³/mol. The molecule has 7 aromatic rings. The Morgan fingerprint density at radius 1 is 0.455 bits per heavy atom. The zero-order valence-electron chi connectivity index (χ0n) is 17.7. The van der Waals surface area contributed by atoms with Crippen LogP contribution in [0.4, 0.5) is 11.4 Å². The summed E-state index contributed by atoms with van der Waals surface area (Å²) in [5.74, 6) is 0. The first-order valence-electron chi connectivity index (χ1n) is 11.0. The summed E-state index contributed by atoms with van der Waals surface area (Å²) in [5, 5.41) is 8.98. The van der Waals surface area contributed by atoms with Crippen LogP contribution in [-0.2, 0) is 0 Å². The summed E-state index contributed by atoms with van der Waals surface area (Å²) >= 11 is 3.73. The molecule has 3 heteroatoms. The molecule has 0 saturated carbocycles. The minimum Gasteiger partial charge on any atom is -0.355 e. The molecule has 2 aromatic heterocycles. The van der Waals surface area contributed by atoms with Gasteiger partial charge in [0.1, 0.15) is 0 Å². The van der Waals surface area contributed by atoms with E-state index in [1.165, 1.54) is 51.5 Å². The van der Waals surface area contributed by atoms with Crippen LogP contribution in [0.3, 0.4) is 0 Å². The quantitative estimate of drug-likeness (QED) is 0.278. The van der Waals surface area contributed by atoms with Gasteiger partial charge in [-0.3, -0.25) is 0 Å². The van der Waals surface area contributed by atoms with Gasteiger partial charge < -0.3 is 5.32 Å². The first-order valence-corrected chi connectivity index (χ1v) is 12.7. The number of rotatable bonds is 3. The van der Waals surface area contributed by atoms with Gasteiger partial charge in [0.25, 0.3) is 0 Å². The van der Waals surface area contributed by atoms with Crippen molar-refractivity contribution in [1.82, 2.24) is 0 Å². The number of anilines is 2. The van der Waals surface area contributed by atoms with Crippen LogP contribution in [0.25, 0.3) is 51.5 Å². The lowest BCUT2D eigenvalue weighted by molar-refractivity contribution is 1.59. The Labute approximate surface area is 199 Å². The number of thiophene rings is 2. The first kappa shape index (κ1) is 18.9. The fraction of sp³-hybridized carbons (Fsp3) is 0. The van der Waals surface area contributed by atoms with Crippen molar-refractivity contribution in [1.29, 1.82) is 0 Å². The zero-order valence-corrected chi connectivity index (χ0v) is 19.3. The van der Waals surface area contributed by atoms with E-state index in [0.29, 0.717) is 0 Å². The van der Waals surface area contributed by atoms with Gasteiger partial charge in [-0.2, -0.15) is 0 Å². The van der Waals surface area contributed by atoms with Gasteiger partial charge in [0.2, 0.25) is 0 Å². The maximum Gasteiger partial charge on any atom is 0.0435 e. The highest BCUT2D eigenvalue weighted by Gasteiger charge is 2.13. The first-order chi connectivity index (χ1) is 16.3. The standard InChI is InChI=1S/C30H19NS2/c1-2-8-19(9-3-1)24-17-21(18-26-23-11-5-7-13-28(23)33-30(24)26)31-20-14-15-29-25(16-20)22-10-4-6-12-27(22)32-29/h1-18,31H. The third kappa shape index (κ3) is 3.12. The minimum absolute atomic E-state index is 1.11. The molecular weight excluding hydrogens is 438 g/mol. The van der Waals surface area contributed by atoms with Crippen LogP contribution in [0.15, 0.2) is 109 Å². The highest BCUT2D eigenvalue weighted by Crippen LogP contribution is 2.42. The van der Waals surface area contributed by atoms with Crippen molar-refractivity contribution < 1.29 is 0 Å². The minimum atomic E-state index is 1.11. The van der Waals surface area contributed by atoms with Crippen LogP contribution < -0.4 is 5.32 Å². The van der Waals surface area contributed by atoms with Gasteiger partial charge in [-0.25, -0.2) is 0 Å². The van der Waals surface area contributed by atoms with E-state index in [9.17, 15) is 0 Å². The van der Waals surface area contributed by atoms with Gasteiger partial charge in [0, 0.05) is 57.3 Å². The summed E-state index contributed by atoms with van der Waals surface area (Å²) in [4.78, 5) is 0. The summed E-state index contributed by atoms with van der Waals surface area (Å²) < 4.78 is 5.33. The molecule has 0 aliphatic heterocycles. The highest BCUT2D eigenvalue weighted by atomic mass is 32.1. The lowest BCUT2D eigenvalue weighted by atomic mass is 10.0. The fourth-order valence-electron chi connectivity index (χ4n) is 4.70. The van der Waals surface area contributed by atoms with Gasteiger partial charge in [0.05, 0.1) is 0 Å². The van der Waals surface area contributed by atoms with Crippen LogP contribution in [0.2, 0.25) is 0 Å². The van der Waals surface area contributed by atoms with E-state index >= 15 is 0 Å². The van der Waals surface area contributed by atoms with Gasteiger partial charge in [0.15, 0.2) is 0 Å². The average Bonchev–Trinajstić information content (AvgIpc) is 3.42. The molecule has 7 rings (SSSR count). The monoisotopic (exact) mass is 457 g/mol. The van der Waals surface area contributed by atoms with E-state index in [4.69, 9.17) is 0 Å². The van der Waals surface area contributed by atoms with Gasteiger partial charge >= 0.3 is 0 Å². The molecule has 0 spiro atoms. The smallest absolute Gasteiger partial charge is 0.0435 e. The molecule has 5 aromatic carbocycles. The molecule has 0 bridgehead atoms. The van der Waals surface area contributed by atoms with Crippen LogP contribution in [0.5, 0.6) is 0 Å². The molecule has 0 fully saturated rings. The summed E-state index contributed by atoms with van der Waals surface area (Å²) in [6, 6.07) is 39.4. The van der Waals surface area contributed by atoms with Crippen LogP contribution >= 0.6 is 22.7 Å². The van der Waals surface area contributed by atoms with E-state index < -0.39 is 0 Å². The molecule has 0 amide bonds. The Hall–Kier alpha value is -3.66. The van der Waals surface area contributed by atoms with Crippen molar-refractivity contribution in [2.24, 2.45) is 0 Å². The van der Waals surface area contributed by atoms with Crippen LogP contribution in [-0.4, -0.2) is 0 Å². The fourth-order valence-corrected chi connectivity index (χ4v) is 7.01. The molecule has 0 radical (unpaired) electrons. The Morgan fingerprint density at radius 3 is 1.91 bits per heavy atom. The second-order valence-corrected chi connectivity index (χ2v) is 10.4. The number of fused-ring (bicyclic) bond motifs is 6. The number of benzene rings is 5. The Bertz CT molecular complexity index is 1790. The summed E-state index contributed by atoms with van der Waals surface area (Å²) in [6.45, 7) is 0. The van der Waals surface area contributed by atoms with E-state index in [-0.39, 0.29) is 0 Å². The maximum absolute atomic E-state index is 3.72. The average molecular weight is 458 g/mol. The molecule has 0 unspecified atom stereocenters. The lowest BCUT2D eigenvalue weighted by Gasteiger charge is -2.11. The van der Waals surface area contributed by atoms with Crippen molar-refractivity contribution in [2.45, 2.75) is 0 Å². The van der Waals surface area contributed by atoms with Gasteiger partial charge in [-0.15, -0.1) is 22.7 Å².